The van der Waals surface area contributed by atoms with E-state index < -0.39 is 5.97 Å². The first-order chi connectivity index (χ1) is 7.08. The number of nitrogens with one attached hydrogen (secondary N) is 1. The van der Waals surface area contributed by atoms with Crippen molar-refractivity contribution in [3.8, 4) is 0 Å². The van der Waals surface area contributed by atoms with Gasteiger partial charge in [0.05, 0.1) is 0 Å². The third-order valence-electron chi connectivity index (χ3n) is 2.43. The summed E-state index contributed by atoms with van der Waals surface area (Å²) < 4.78 is 0. The fourth-order valence-electron chi connectivity index (χ4n) is 1.64. The molecular formula is C10H16N2O3. The molecule has 1 aliphatic rings. The standard InChI is InChI=1S/C10H16N2O3/c1-12-5-4-8(7-12)6-11-9(13)2-3-10(14)15/h2-3,8H,4-7H2,1H3,(H,11,13)(H,14,15)/b3-2+. The van der Waals surface area contributed by atoms with Gasteiger partial charge in [0.2, 0.25) is 5.91 Å². The van der Waals surface area contributed by atoms with Gasteiger partial charge >= 0.3 is 5.97 Å². The molecule has 1 atom stereocenters. The molecule has 1 fully saturated rings. The van der Waals surface area contributed by atoms with E-state index in [0.29, 0.717) is 12.5 Å². The van der Waals surface area contributed by atoms with Crippen LogP contribution < -0.4 is 5.32 Å². The van der Waals surface area contributed by atoms with Gasteiger partial charge in [0.1, 0.15) is 0 Å². The van der Waals surface area contributed by atoms with Crippen LogP contribution in [0.2, 0.25) is 0 Å². The average Bonchev–Trinajstić information content (AvgIpc) is 2.58. The number of carboxylic acid groups (broad SMARTS) is 1. The number of likely N-dealkylation sites (tertiary alicyclic amines) is 1. The Balaban J connectivity index is 2.19. The van der Waals surface area contributed by atoms with Gasteiger partial charge in [-0.2, -0.15) is 0 Å². The van der Waals surface area contributed by atoms with Crippen LogP contribution in [0.5, 0.6) is 0 Å². The van der Waals surface area contributed by atoms with Gasteiger partial charge in [0.15, 0.2) is 0 Å². The zero-order valence-corrected chi connectivity index (χ0v) is 8.77. The molecule has 1 heterocycles. The van der Waals surface area contributed by atoms with Crippen molar-refractivity contribution in [1.82, 2.24) is 10.2 Å². The van der Waals surface area contributed by atoms with Gasteiger partial charge in [0, 0.05) is 25.2 Å². The van der Waals surface area contributed by atoms with E-state index in [0.717, 1.165) is 31.7 Å². The van der Waals surface area contributed by atoms with Crippen LogP contribution in [0, 0.1) is 5.92 Å². The normalized spacial score (nSPS) is 22.1. The summed E-state index contributed by atoms with van der Waals surface area (Å²) in [7, 11) is 2.05. The molecule has 0 aromatic heterocycles. The second-order valence-corrected chi connectivity index (χ2v) is 3.83. The van der Waals surface area contributed by atoms with Crippen molar-refractivity contribution in [3.63, 3.8) is 0 Å². The molecule has 1 amide bonds. The lowest BCUT2D eigenvalue weighted by molar-refractivity contribution is -0.131. The van der Waals surface area contributed by atoms with E-state index in [1.54, 1.807) is 0 Å². The minimum Gasteiger partial charge on any atom is -0.478 e. The lowest BCUT2D eigenvalue weighted by Gasteiger charge is -2.10. The molecule has 84 valence electrons. The number of rotatable bonds is 4. The van der Waals surface area contributed by atoms with Crippen LogP contribution in [-0.4, -0.2) is 48.6 Å². The summed E-state index contributed by atoms with van der Waals surface area (Å²) in [6, 6.07) is 0. The third-order valence-corrected chi connectivity index (χ3v) is 2.43. The number of carbonyl (C=O) groups excluding carboxylic acids is 1. The maximum atomic E-state index is 11.1. The molecule has 0 aromatic rings. The Kier molecular flexibility index (Phi) is 4.30. The van der Waals surface area contributed by atoms with Gasteiger partial charge in [-0.15, -0.1) is 0 Å². The maximum Gasteiger partial charge on any atom is 0.328 e. The summed E-state index contributed by atoms with van der Waals surface area (Å²) in [6.07, 6.45) is 2.97. The molecule has 0 radical (unpaired) electrons. The second kappa shape index (κ2) is 5.50. The first-order valence-corrected chi connectivity index (χ1v) is 4.95. The van der Waals surface area contributed by atoms with Gasteiger partial charge in [-0.05, 0) is 25.9 Å². The van der Waals surface area contributed by atoms with E-state index in [4.69, 9.17) is 5.11 Å². The highest BCUT2D eigenvalue weighted by Crippen LogP contribution is 2.12. The number of aliphatic carboxylic acids is 1. The van der Waals surface area contributed by atoms with Crippen molar-refractivity contribution in [2.24, 2.45) is 5.92 Å². The summed E-state index contributed by atoms with van der Waals surface area (Å²) in [6.45, 7) is 2.67. The number of hydrogen-bond donors (Lipinski definition) is 2. The SMILES string of the molecule is CN1CCC(CNC(=O)/C=C/C(=O)O)C1. The monoisotopic (exact) mass is 212 g/mol. The highest BCUT2D eigenvalue weighted by atomic mass is 16.4. The molecule has 0 spiro atoms. The van der Waals surface area contributed by atoms with E-state index in [-0.39, 0.29) is 5.91 Å². The third kappa shape index (κ3) is 4.60. The van der Waals surface area contributed by atoms with Crippen LogP contribution in [0.15, 0.2) is 12.2 Å². The van der Waals surface area contributed by atoms with Crippen LogP contribution in [-0.2, 0) is 9.59 Å². The molecule has 0 aliphatic carbocycles. The predicted octanol–water partition coefficient (Wildman–Crippen LogP) is -0.305. The smallest absolute Gasteiger partial charge is 0.328 e. The molecule has 1 saturated heterocycles. The van der Waals surface area contributed by atoms with Gasteiger partial charge in [-0.3, -0.25) is 4.79 Å². The summed E-state index contributed by atoms with van der Waals surface area (Å²) in [5.74, 6) is -0.963. The Hall–Kier alpha value is -1.36. The molecule has 15 heavy (non-hydrogen) atoms. The Morgan fingerprint density at radius 1 is 1.53 bits per heavy atom. The van der Waals surface area contributed by atoms with Crippen molar-refractivity contribution >= 4 is 11.9 Å². The van der Waals surface area contributed by atoms with E-state index >= 15 is 0 Å². The van der Waals surface area contributed by atoms with Crippen LogP contribution in [0.4, 0.5) is 0 Å². The first kappa shape index (κ1) is 11.7. The van der Waals surface area contributed by atoms with Crippen molar-refractivity contribution in [2.45, 2.75) is 6.42 Å². The molecule has 2 N–H and O–H groups in total. The van der Waals surface area contributed by atoms with Gasteiger partial charge in [-0.1, -0.05) is 0 Å². The molecule has 1 rings (SSSR count). The Morgan fingerprint density at radius 3 is 2.80 bits per heavy atom. The maximum absolute atomic E-state index is 11.1. The van der Waals surface area contributed by atoms with E-state index in [1.165, 1.54) is 0 Å². The molecule has 0 saturated carbocycles. The molecule has 5 heteroatoms. The molecule has 1 aliphatic heterocycles. The number of nitrogens with zero attached hydrogens (tertiary/aromatic N) is 1. The summed E-state index contributed by atoms with van der Waals surface area (Å²) >= 11 is 0. The lowest BCUT2D eigenvalue weighted by Crippen LogP contribution is -2.29. The van der Waals surface area contributed by atoms with Gasteiger partial charge < -0.3 is 15.3 Å². The van der Waals surface area contributed by atoms with Crippen LogP contribution in [0.3, 0.4) is 0 Å². The Bertz CT molecular complexity index is 276. The minimum absolute atomic E-state index is 0.341. The van der Waals surface area contributed by atoms with E-state index in [9.17, 15) is 9.59 Å². The van der Waals surface area contributed by atoms with E-state index in [2.05, 4.69) is 10.2 Å². The van der Waals surface area contributed by atoms with Gasteiger partial charge in [-0.25, -0.2) is 4.79 Å². The largest absolute Gasteiger partial charge is 0.478 e. The van der Waals surface area contributed by atoms with Crippen molar-refractivity contribution in [3.05, 3.63) is 12.2 Å². The number of carbonyl (C=O) groups is 2. The topological polar surface area (TPSA) is 69.6 Å². The number of amides is 1. The van der Waals surface area contributed by atoms with Crippen LogP contribution in [0.25, 0.3) is 0 Å². The predicted molar refractivity (Wildman–Crippen MR) is 55.4 cm³/mol. The zero-order valence-electron chi connectivity index (χ0n) is 8.77. The minimum atomic E-state index is -1.11. The second-order valence-electron chi connectivity index (χ2n) is 3.83. The quantitative estimate of drug-likeness (QED) is 0.627. The Morgan fingerprint density at radius 2 is 2.27 bits per heavy atom. The molecule has 5 nitrogen and oxygen atoms in total. The fraction of sp³-hybridized carbons (Fsp3) is 0.600. The fourth-order valence-corrected chi connectivity index (χ4v) is 1.64. The summed E-state index contributed by atoms with van der Waals surface area (Å²) in [4.78, 5) is 23.5. The molecule has 1 unspecified atom stereocenters. The number of hydrogen-bond acceptors (Lipinski definition) is 3. The lowest BCUT2D eigenvalue weighted by atomic mass is 10.1. The molecule has 0 bridgehead atoms. The average molecular weight is 212 g/mol. The van der Waals surface area contributed by atoms with Crippen LogP contribution in [0.1, 0.15) is 6.42 Å². The summed E-state index contributed by atoms with van der Waals surface area (Å²) in [5, 5.41) is 11.0. The van der Waals surface area contributed by atoms with Crippen molar-refractivity contribution < 1.29 is 14.7 Å². The molecular weight excluding hydrogens is 196 g/mol. The van der Waals surface area contributed by atoms with Gasteiger partial charge in [0.25, 0.3) is 0 Å². The van der Waals surface area contributed by atoms with Crippen molar-refractivity contribution in [2.75, 3.05) is 26.7 Å². The highest BCUT2D eigenvalue weighted by molar-refractivity contribution is 5.93. The summed E-state index contributed by atoms with van der Waals surface area (Å²) in [5.41, 5.74) is 0. The zero-order chi connectivity index (χ0) is 11.3. The van der Waals surface area contributed by atoms with E-state index in [1.807, 2.05) is 7.05 Å². The van der Waals surface area contributed by atoms with Crippen LogP contribution >= 0.6 is 0 Å². The van der Waals surface area contributed by atoms with Crippen molar-refractivity contribution in [1.29, 1.82) is 0 Å². The Labute approximate surface area is 88.8 Å². The highest BCUT2D eigenvalue weighted by Gasteiger charge is 2.19. The number of carboxylic acids is 1. The molecule has 0 aromatic carbocycles. The first-order valence-electron chi connectivity index (χ1n) is 4.95.